The summed E-state index contributed by atoms with van der Waals surface area (Å²) >= 11 is 0. The Morgan fingerprint density at radius 3 is 1.03 bits per heavy atom. The SMILES string of the molecule is COc1ccc(N(C(C)=O)c2ccc(N(c3ccc(OC)cc3)c3ccc(OC)cc3)cc2)cc1. The molecule has 1 amide bonds. The normalized spacial score (nSPS) is 10.4. The zero-order valence-corrected chi connectivity index (χ0v) is 20.3. The Balaban J connectivity index is 1.72. The second-order valence-electron chi connectivity index (χ2n) is 7.80. The largest absolute Gasteiger partial charge is 0.497 e. The van der Waals surface area contributed by atoms with Gasteiger partial charge in [0.05, 0.1) is 21.3 Å². The van der Waals surface area contributed by atoms with Crippen LogP contribution in [-0.2, 0) is 4.79 Å². The number of benzene rings is 4. The van der Waals surface area contributed by atoms with E-state index in [0.717, 1.165) is 45.7 Å². The van der Waals surface area contributed by atoms with Gasteiger partial charge in [0.15, 0.2) is 0 Å². The molecule has 4 aromatic carbocycles. The number of anilines is 5. The molecule has 6 nitrogen and oxygen atoms in total. The highest BCUT2D eigenvalue weighted by Gasteiger charge is 2.17. The van der Waals surface area contributed by atoms with Crippen LogP contribution in [0.15, 0.2) is 97.1 Å². The summed E-state index contributed by atoms with van der Waals surface area (Å²) in [6.07, 6.45) is 0. The van der Waals surface area contributed by atoms with Crippen LogP contribution < -0.4 is 24.0 Å². The van der Waals surface area contributed by atoms with Crippen molar-refractivity contribution in [1.82, 2.24) is 0 Å². The summed E-state index contributed by atoms with van der Waals surface area (Å²) in [5.41, 5.74) is 4.44. The van der Waals surface area contributed by atoms with Crippen molar-refractivity contribution >= 4 is 34.3 Å². The van der Waals surface area contributed by atoms with Crippen LogP contribution >= 0.6 is 0 Å². The number of methoxy groups -OCH3 is 3. The predicted molar refractivity (Wildman–Crippen MR) is 140 cm³/mol. The fraction of sp³-hybridized carbons (Fsp3) is 0.138. The van der Waals surface area contributed by atoms with E-state index in [9.17, 15) is 4.79 Å². The predicted octanol–water partition coefficient (Wildman–Crippen LogP) is 6.87. The molecule has 0 N–H and O–H groups in total. The van der Waals surface area contributed by atoms with Crippen molar-refractivity contribution in [3.8, 4) is 17.2 Å². The molecule has 0 saturated heterocycles. The van der Waals surface area contributed by atoms with Crippen LogP contribution in [-0.4, -0.2) is 27.2 Å². The van der Waals surface area contributed by atoms with E-state index >= 15 is 0 Å². The standard InChI is InChI=1S/C29H28N2O4/c1-21(32)30(23-9-15-27(33-2)16-10-23)22-5-7-24(8-6-22)31(25-11-17-28(34-3)18-12-25)26-13-19-29(35-4)20-14-26/h5-20H,1-4H3. The number of nitrogens with zero attached hydrogens (tertiary/aromatic N) is 2. The maximum absolute atomic E-state index is 12.5. The average molecular weight is 469 g/mol. The van der Waals surface area contributed by atoms with Gasteiger partial charge in [-0.1, -0.05) is 0 Å². The Bertz CT molecular complexity index is 1200. The third-order valence-corrected chi connectivity index (χ3v) is 5.67. The monoisotopic (exact) mass is 468 g/mol. The molecule has 0 aliphatic carbocycles. The fourth-order valence-corrected chi connectivity index (χ4v) is 3.90. The number of hydrogen-bond acceptors (Lipinski definition) is 5. The summed E-state index contributed by atoms with van der Waals surface area (Å²) in [6, 6.07) is 31.1. The van der Waals surface area contributed by atoms with E-state index in [1.54, 1.807) is 33.2 Å². The molecule has 0 spiro atoms. The Kier molecular flexibility index (Phi) is 7.21. The topological polar surface area (TPSA) is 51.2 Å². The van der Waals surface area contributed by atoms with Crippen LogP contribution in [0.4, 0.5) is 28.4 Å². The molecule has 0 fully saturated rings. The number of rotatable bonds is 8. The van der Waals surface area contributed by atoms with Gasteiger partial charge in [-0.2, -0.15) is 0 Å². The third-order valence-electron chi connectivity index (χ3n) is 5.67. The Labute approximate surface area is 205 Å². The lowest BCUT2D eigenvalue weighted by Crippen LogP contribution is -2.22. The highest BCUT2D eigenvalue weighted by Crippen LogP contribution is 2.37. The van der Waals surface area contributed by atoms with E-state index in [2.05, 4.69) is 4.90 Å². The van der Waals surface area contributed by atoms with Crippen molar-refractivity contribution in [3.05, 3.63) is 97.1 Å². The Hall–Kier alpha value is -4.45. The minimum absolute atomic E-state index is 0.0786. The van der Waals surface area contributed by atoms with Crippen LogP contribution in [0.2, 0.25) is 0 Å². The first kappa shape index (κ1) is 23.7. The minimum Gasteiger partial charge on any atom is -0.497 e. The molecular weight excluding hydrogens is 440 g/mol. The van der Waals surface area contributed by atoms with Crippen LogP contribution in [0, 0.1) is 0 Å². The second-order valence-corrected chi connectivity index (χ2v) is 7.80. The van der Waals surface area contributed by atoms with Crippen molar-refractivity contribution in [2.45, 2.75) is 6.92 Å². The van der Waals surface area contributed by atoms with Crippen LogP contribution in [0.1, 0.15) is 6.92 Å². The number of amides is 1. The first-order valence-electron chi connectivity index (χ1n) is 11.2. The Morgan fingerprint density at radius 2 is 0.743 bits per heavy atom. The van der Waals surface area contributed by atoms with Gasteiger partial charge in [-0.15, -0.1) is 0 Å². The molecule has 0 unspecified atom stereocenters. The maximum Gasteiger partial charge on any atom is 0.228 e. The fourth-order valence-electron chi connectivity index (χ4n) is 3.90. The quantitative estimate of drug-likeness (QED) is 0.283. The van der Waals surface area contributed by atoms with Crippen molar-refractivity contribution < 1.29 is 19.0 Å². The Morgan fingerprint density at radius 1 is 0.486 bits per heavy atom. The van der Waals surface area contributed by atoms with E-state index in [1.165, 1.54) is 0 Å². The summed E-state index contributed by atoms with van der Waals surface area (Å²) in [6.45, 7) is 1.55. The van der Waals surface area contributed by atoms with Gasteiger partial charge in [-0.05, 0) is 97.1 Å². The number of ether oxygens (including phenoxy) is 3. The van der Waals surface area contributed by atoms with E-state index in [4.69, 9.17) is 14.2 Å². The summed E-state index contributed by atoms with van der Waals surface area (Å²) in [5, 5.41) is 0. The first-order chi connectivity index (χ1) is 17.0. The van der Waals surface area contributed by atoms with Gasteiger partial charge >= 0.3 is 0 Å². The van der Waals surface area contributed by atoms with Crippen LogP contribution in [0.5, 0.6) is 17.2 Å². The van der Waals surface area contributed by atoms with E-state index in [0.29, 0.717) is 0 Å². The molecule has 0 aliphatic heterocycles. The minimum atomic E-state index is -0.0786. The van der Waals surface area contributed by atoms with Crippen LogP contribution in [0.3, 0.4) is 0 Å². The van der Waals surface area contributed by atoms with Crippen molar-refractivity contribution in [2.75, 3.05) is 31.1 Å². The van der Waals surface area contributed by atoms with E-state index in [1.807, 2.05) is 97.1 Å². The molecule has 0 saturated carbocycles. The van der Waals surface area contributed by atoms with Crippen LogP contribution in [0.25, 0.3) is 0 Å². The van der Waals surface area contributed by atoms with E-state index < -0.39 is 0 Å². The third kappa shape index (κ3) is 5.22. The molecule has 0 radical (unpaired) electrons. The molecule has 6 heteroatoms. The number of carbonyl (C=O) groups excluding carboxylic acids is 1. The number of carbonyl (C=O) groups is 1. The average Bonchev–Trinajstić information content (AvgIpc) is 2.91. The summed E-state index contributed by atoms with van der Waals surface area (Å²) in [7, 11) is 4.92. The van der Waals surface area contributed by atoms with Gasteiger partial charge < -0.3 is 19.1 Å². The van der Waals surface area contributed by atoms with Gasteiger partial charge in [0.1, 0.15) is 17.2 Å². The smallest absolute Gasteiger partial charge is 0.228 e. The van der Waals surface area contributed by atoms with Gasteiger partial charge in [0, 0.05) is 35.4 Å². The lowest BCUT2D eigenvalue weighted by atomic mass is 10.1. The van der Waals surface area contributed by atoms with Gasteiger partial charge in [-0.3, -0.25) is 9.69 Å². The molecule has 0 aromatic heterocycles. The highest BCUT2D eigenvalue weighted by atomic mass is 16.5. The molecule has 178 valence electrons. The molecule has 0 heterocycles. The van der Waals surface area contributed by atoms with E-state index in [-0.39, 0.29) is 5.91 Å². The first-order valence-corrected chi connectivity index (χ1v) is 11.2. The summed E-state index contributed by atoms with van der Waals surface area (Å²) in [5.74, 6) is 2.23. The van der Waals surface area contributed by atoms with Crippen molar-refractivity contribution in [3.63, 3.8) is 0 Å². The molecule has 0 aliphatic rings. The molecule has 0 atom stereocenters. The molecule has 0 bridgehead atoms. The summed E-state index contributed by atoms with van der Waals surface area (Å²) < 4.78 is 15.9. The lowest BCUT2D eigenvalue weighted by molar-refractivity contribution is -0.115. The zero-order valence-electron chi connectivity index (χ0n) is 20.3. The molecule has 4 aromatic rings. The summed E-state index contributed by atoms with van der Waals surface area (Å²) in [4.78, 5) is 16.4. The lowest BCUT2D eigenvalue weighted by Gasteiger charge is -2.27. The van der Waals surface area contributed by atoms with Crippen molar-refractivity contribution in [2.24, 2.45) is 0 Å². The zero-order chi connectivity index (χ0) is 24.8. The number of hydrogen-bond donors (Lipinski definition) is 0. The molecule has 4 rings (SSSR count). The maximum atomic E-state index is 12.5. The highest BCUT2D eigenvalue weighted by molar-refractivity contribution is 5.99. The van der Waals surface area contributed by atoms with Gasteiger partial charge in [-0.25, -0.2) is 0 Å². The second kappa shape index (κ2) is 10.7. The van der Waals surface area contributed by atoms with Gasteiger partial charge in [0.25, 0.3) is 0 Å². The molecule has 35 heavy (non-hydrogen) atoms. The van der Waals surface area contributed by atoms with Crippen molar-refractivity contribution in [1.29, 1.82) is 0 Å². The molecular formula is C29H28N2O4. The van der Waals surface area contributed by atoms with Gasteiger partial charge in [0.2, 0.25) is 5.91 Å².